The van der Waals surface area contributed by atoms with Crippen molar-refractivity contribution in [1.29, 1.82) is 0 Å². The van der Waals surface area contributed by atoms with E-state index in [0.717, 1.165) is 23.5 Å². The molecule has 0 aliphatic rings. The molecule has 0 aliphatic carbocycles. The maximum Gasteiger partial charge on any atom is 0.323 e. The summed E-state index contributed by atoms with van der Waals surface area (Å²) in [6.07, 6.45) is 1.99. The summed E-state index contributed by atoms with van der Waals surface area (Å²) in [5.74, 6) is 0.819. The van der Waals surface area contributed by atoms with E-state index in [1.807, 2.05) is 32.0 Å². The van der Waals surface area contributed by atoms with Crippen LogP contribution >= 0.6 is 0 Å². The molecule has 0 aliphatic heterocycles. The predicted octanol–water partition coefficient (Wildman–Crippen LogP) is 3.24. The Labute approximate surface area is 138 Å². The van der Waals surface area contributed by atoms with Crippen molar-refractivity contribution >= 4 is 5.97 Å². The van der Waals surface area contributed by atoms with Crippen molar-refractivity contribution in [3.63, 3.8) is 0 Å². The van der Waals surface area contributed by atoms with Crippen LogP contribution in [0.3, 0.4) is 0 Å². The normalized spacial score (nSPS) is 14.8. The maximum absolute atomic E-state index is 11.3. The summed E-state index contributed by atoms with van der Waals surface area (Å²) in [5.41, 5.74) is 5.72. The van der Waals surface area contributed by atoms with Crippen molar-refractivity contribution in [2.24, 2.45) is 11.7 Å². The summed E-state index contributed by atoms with van der Waals surface area (Å²) in [7, 11) is 0. The van der Waals surface area contributed by atoms with Gasteiger partial charge in [0.1, 0.15) is 17.0 Å². The molecule has 0 amide bonds. The van der Waals surface area contributed by atoms with E-state index >= 15 is 0 Å². The van der Waals surface area contributed by atoms with Crippen LogP contribution in [0.2, 0.25) is 0 Å². The summed E-state index contributed by atoms with van der Waals surface area (Å²) in [6, 6.07) is 5.78. The molecule has 2 atom stereocenters. The fourth-order valence-electron chi connectivity index (χ4n) is 2.63. The molecule has 0 saturated heterocycles. The fourth-order valence-corrected chi connectivity index (χ4v) is 2.63. The van der Waals surface area contributed by atoms with Crippen LogP contribution in [0.25, 0.3) is 0 Å². The fraction of sp³-hybridized carbons (Fsp3) is 0.611. The van der Waals surface area contributed by atoms with Gasteiger partial charge in [-0.15, -0.1) is 0 Å². The van der Waals surface area contributed by atoms with E-state index in [1.165, 1.54) is 0 Å². The van der Waals surface area contributed by atoms with Gasteiger partial charge in [0.25, 0.3) is 0 Å². The lowest BCUT2D eigenvalue weighted by Crippen LogP contribution is -2.46. The van der Waals surface area contributed by atoms with Gasteiger partial charge in [-0.1, -0.05) is 13.3 Å². The van der Waals surface area contributed by atoms with Crippen molar-refractivity contribution in [1.82, 2.24) is 0 Å². The number of aliphatic carboxylic acids is 1. The highest BCUT2D eigenvalue weighted by molar-refractivity contribution is 5.77. The van der Waals surface area contributed by atoms with E-state index in [-0.39, 0.29) is 5.92 Å². The topological polar surface area (TPSA) is 81.8 Å². The van der Waals surface area contributed by atoms with E-state index in [1.54, 1.807) is 6.92 Å². The first-order valence-electron chi connectivity index (χ1n) is 8.24. The molecule has 1 rings (SSSR count). The molecule has 0 saturated carbocycles. The van der Waals surface area contributed by atoms with E-state index in [9.17, 15) is 9.90 Å². The van der Waals surface area contributed by atoms with Gasteiger partial charge < -0.3 is 20.3 Å². The van der Waals surface area contributed by atoms with Gasteiger partial charge >= 0.3 is 5.97 Å². The number of carbonyl (C=O) groups is 1. The van der Waals surface area contributed by atoms with Gasteiger partial charge in [0, 0.05) is 0 Å². The molecule has 1 aromatic rings. The molecular weight excluding hydrogens is 294 g/mol. The number of benzene rings is 1. The lowest BCUT2D eigenvalue weighted by molar-refractivity contribution is -0.143. The molecule has 0 fully saturated rings. The predicted molar refractivity (Wildman–Crippen MR) is 91.1 cm³/mol. The number of nitrogens with two attached hydrogens (primary N) is 1. The van der Waals surface area contributed by atoms with E-state index in [0.29, 0.717) is 26.1 Å². The Balaban J connectivity index is 2.97. The molecule has 0 heterocycles. The Morgan fingerprint density at radius 2 is 1.91 bits per heavy atom. The van der Waals surface area contributed by atoms with E-state index < -0.39 is 11.5 Å². The maximum atomic E-state index is 11.3. The monoisotopic (exact) mass is 323 g/mol. The summed E-state index contributed by atoms with van der Waals surface area (Å²) in [4.78, 5) is 11.3. The van der Waals surface area contributed by atoms with Gasteiger partial charge in [0.05, 0.1) is 13.2 Å². The lowest BCUT2D eigenvalue weighted by Gasteiger charge is -2.26. The number of carboxylic acid groups (broad SMARTS) is 1. The summed E-state index contributed by atoms with van der Waals surface area (Å²) >= 11 is 0. The third-order valence-corrected chi connectivity index (χ3v) is 3.93. The molecule has 130 valence electrons. The van der Waals surface area contributed by atoms with Gasteiger partial charge in [-0.3, -0.25) is 4.79 Å². The smallest absolute Gasteiger partial charge is 0.323 e. The zero-order chi connectivity index (χ0) is 17.5. The number of hydrogen-bond acceptors (Lipinski definition) is 4. The second kappa shape index (κ2) is 8.77. The van der Waals surface area contributed by atoms with E-state index in [4.69, 9.17) is 15.2 Å². The standard InChI is InChI=1S/C18H29NO4/c1-5-13(12-18(4,19)17(20)21)10-14-11-15(22-6-2)8-9-16(14)23-7-3/h8-9,11,13H,5-7,10,12,19H2,1-4H3,(H,20,21). The average Bonchev–Trinajstić information content (AvgIpc) is 2.49. The van der Waals surface area contributed by atoms with Crippen LogP contribution in [0.4, 0.5) is 0 Å². The van der Waals surface area contributed by atoms with Crippen LogP contribution in [0.5, 0.6) is 11.5 Å². The van der Waals surface area contributed by atoms with Crippen LogP contribution in [-0.4, -0.2) is 29.8 Å². The quantitative estimate of drug-likeness (QED) is 0.691. The molecule has 1 aromatic carbocycles. The van der Waals surface area contributed by atoms with E-state index in [2.05, 4.69) is 6.92 Å². The Kier molecular flexibility index (Phi) is 7.36. The minimum atomic E-state index is -1.22. The average molecular weight is 323 g/mol. The van der Waals surface area contributed by atoms with Crippen molar-refractivity contribution in [2.45, 2.75) is 52.5 Å². The van der Waals surface area contributed by atoms with Crippen molar-refractivity contribution in [2.75, 3.05) is 13.2 Å². The molecule has 2 unspecified atom stereocenters. The molecular formula is C18H29NO4. The van der Waals surface area contributed by atoms with Crippen molar-refractivity contribution in [3.8, 4) is 11.5 Å². The minimum Gasteiger partial charge on any atom is -0.494 e. The van der Waals surface area contributed by atoms with Crippen LogP contribution in [-0.2, 0) is 11.2 Å². The lowest BCUT2D eigenvalue weighted by atomic mass is 9.84. The summed E-state index contributed by atoms with van der Waals surface area (Å²) in [6.45, 7) is 8.69. The van der Waals surface area contributed by atoms with Crippen molar-refractivity contribution < 1.29 is 19.4 Å². The Bertz CT molecular complexity index is 514. The van der Waals surface area contributed by atoms with Gasteiger partial charge in [0.2, 0.25) is 0 Å². The summed E-state index contributed by atoms with van der Waals surface area (Å²) in [5, 5.41) is 9.23. The number of rotatable bonds is 10. The molecule has 0 bridgehead atoms. The molecule has 0 spiro atoms. The van der Waals surface area contributed by atoms with Gasteiger partial charge in [-0.2, -0.15) is 0 Å². The molecule has 0 radical (unpaired) electrons. The highest BCUT2D eigenvalue weighted by Gasteiger charge is 2.31. The van der Waals surface area contributed by atoms with Gasteiger partial charge in [0.15, 0.2) is 0 Å². The Morgan fingerprint density at radius 3 is 2.43 bits per heavy atom. The number of ether oxygens (including phenoxy) is 2. The van der Waals surface area contributed by atoms with Crippen LogP contribution in [0.15, 0.2) is 18.2 Å². The largest absolute Gasteiger partial charge is 0.494 e. The second-order valence-electron chi connectivity index (χ2n) is 6.04. The first kappa shape index (κ1) is 19.3. The van der Waals surface area contributed by atoms with Crippen LogP contribution < -0.4 is 15.2 Å². The SMILES string of the molecule is CCOc1ccc(OCC)c(CC(CC)CC(C)(N)C(=O)O)c1. The first-order valence-corrected chi connectivity index (χ1v) is 8.24. The molecule has 5 heteroatoms. The molecule has 23 heavy (non-hydrogen) atoms. The zero-order valence-corrected chi connectivity index (χ0v) is 14.6. The van der Waals surface area contributed by atoms with Crippen LogP contribution in [0.1, 0.15) is 46.1 Å². The number of carboxylic acids is 1. The van der Waals surface area contributed by atoms with Gasteiger partial charge in [-0.05, 0) is 63.3 Å². The van der Waals surface area contributed by atoms with Crippen molar-refractivity contribution in [3.05, 3.63) is 23.8 Å². The molecule has 5 nitrogen and oxygen atoms in total. The third-order valence-electron chi connectivity index (χ3n) is 3.93. The first-order chi connectivity index (χ1) is 10.8. The Hall–Kier alpha value is -1.75. The second-order valence-corrected chi connectivity index (χ2v) is 6.04. The Morgan fingerprint density at radius 1 is 1.26 bits per heavy atom. The summed E-state index contributed by atoms with van der Waals surface area (Å²) < 4.78 is 11.2. The van der Waals surface area contributed by atoms with Gasteiger partial charge in [-0.25, -0.2) is 0 Å². The number of hydrogen-bond donors (Lipinski definition) is 2. The highest BCUT2D eigenvalue weighted by Crippen LogP contribution is 2.30. The molecule has 3 N–H and O–H groups in total. The highest BCUT2D eigenvalue weighted by atomic mass is 16.5. The molecule has 0 aromatic heterocycles. The van der Waals surface area contributed by atoms with Crippen LogP contribution in [0, 0.1) is 5.92 Å². The third kappa shape index (κ3) is 5.75. The minimum absolute atomic E-state index is 0.164. The zero-order valence-electron chi connectivity index (χ0n) is 14.6.